The van der Waals surface area contributed by atoms with Gasteiger partial charge in [0.05, 0.1) is 5.75 Å². The topological polar surface area (TPSA) is 49.4 Å². The number of sulfonamides is 1. The van der Waals surface area contributed by atoms with Crippen molar-refractivity contribution in [2.24, 2.45) is 0 Å². The minimum Gasteiger partial charge on any atom is -0.299 e. The molecule has 2 atom stereocenters. The van der Waals surface area contributed by atoms with Crippen molar-refractivity contribution < 1.29 is 8.42 Å². The molecule has 2 aromatic carbocycles. The molecule has 2 unspecified atom stereocenters. The standard InChI is InChI=1S/C24H31ClN2O2S/c1-2-3-12-30(28,29)26-17-19-8-9-20-16-24(27-10-5-11-27)23(22(20)15-19)14-18-6-4-7-21(25)13-18/h4,6-9,13,15,23-24,26H,2-3,5,10-12,14,16-17H2,1H3. The van der Waals surface area contributed by atoms with E-state index in [0.717, 1.165) is 29.8 Å². The van der Waals surface area contributed by atoms with E-state index in [0.29, 0.717) is 24.9 Å². The van der Waals surface area contributed by atoms with E-state index in [1.165, 1.54) is 36.2 Å². The predicted molar refractivity (Wildman–Crippen MR) is 124 cm³/mol. The highest BCUT2D eigenvalue weighted by molar-refractivity contribution is 7.89. The molecule has 1 N–H and O–H groups in total. The van der Waals surface area contributed by atoms with Gasteiger partial charge in [-0.2, -0.15) is 0 Å². The highest BCUT2D eigenvalue weighted by Gasteiger charge is 2.38. The number of nitrogens with zero attached hydrogens (tertiary/aromatic N) is 1. The van der Waals surface area contributed by atoms with Crippen molar-refractivity contribution in [1.82, 2.24) is 9.62 Å². The molecule has 1 saturated heterocycles. The van der Waals surface area contributed by atoms with Crippen molar-refractivity contribution in [2.75, 3.05) is 18.8 Å². The van der Waals surface area contributed by atoms with Gasteiger partial charge in [-0.3, -0.25) is 4.90 Å². The second-order valence-corrected chi connectivity index (χ2v) is 11.0. The monoisotopic (exact) mass is 446 g/mol. The number of nitrogens with one attached hydrogen (secondary N) is 1. The fraction of sp³-hybridized carbons (Fsp3) is 0.500. The Balaban J connectivity index is 1.54. The second kappa shape index (κ2) is 9.39. The van der Waals surface area contributed by atoms with Gasteiger partial charge in [-0.1, -0.05) is 55.3 Å². The Bertz CT molecular complexity index is 988. The predicted octanol–water partition coefficient (Wildman–Crippen LogP) is 4.52. The van der Waals surface area contributed by atoms with Gasteiger partial charge in [0.1, 0.15) is 0 Å². The lowest BCUT2D eigenvalue weighted by atomic mass is 9.88. The van der Waals surface area contributed by atoms with E-state index in [2.05, 4.69) is 40.0 Å². The van der Waals surface area contributed by atoms with Crippen molar-refractivity contribution in [3.05, 3.63) is 69.7 Å². The Labute approximate surface area is 185 Å². The fourth-order valence-electron chi connectivity index (χ4n) is 4.68. The average Bonchev–Trinajstić information content (AvgIpc) is 3.01. The van der Waals surface area contributed by atoms with Crippen LogP contribution in [0.5, 0.6) is 0 Å². The van der Waals surface area contributed by atoms with Crippen LogP contribution < -0.4 is 4.72 Å². The molecular formula is C24H31ClN2O2S. The number of benzene rings is 2. The maximum absolute atomic E-state index is 12.2. The van der Waals surface area contributed by atoms with E-state index in [9.17, 15) is 8.42 Å². The third-order valence-corrected chi connectivity index (χ3v) is 8.12. The van der Waals surface area contributed by atoms with Crippen LogP contribution in [0.4, 0.5) is 0 Å². The summed E-state index contributed by atoms with van der Waals surface area (Å²) in [6, 6.07) is 15.2. The van der Waals surface area contributed by atoms with E-state index in [1.54, 1.807) is 0 Å². The van der Waals surface area contributed by atoms with Crippen LogP contribution in [0, 0.1) is 0 Å². The lowest BCUT2D eigenvalue weighted by Crippen LogP contribution is -2.47. The molecule has 1 aliphatic carbocycles. The molecule has 1 heterocycles. The molecule has 0 radical (unpaired) electrons. The van der Waals surface area contributed by atoms with Crippen LogP contribution in [-0.2, 0) is 29.4 Å². The molecule has 30 heavy (non-hydrogen) atoms. The van der Waals surface area contributed by atoms with Crippen LogP contribution in [0.3, 0.4) is 0 Å². The minimum absolute atomic E-state index is 0.197. The second-order valence-electron chi connectivity index (χ2n) is 8.63. The molecule has 0 aromatic heterocycles. The van der Waals surface area contributed by atoms with Gasteiger partial charge >= 0.3 is 0 Å². The first-order chi connectivity index (χ1) is 14.4. The van der Waals surface area contributed by atoms with Gasteiger partial charge in [-0.15, -0.1) is 0 Å². The lowest BCUT2D eigenvalue weighted by molar-refractivity contribution is 0.106. The van der Waals surface area contributed by atoms with E-state index < -0.39 is 10.0 Å². The van der Waals surface area contributed by atoms with E-state index in [4.69, 9.17) is 11.6 Å². The van der Waals surface area contributed by atoms with Crippen LogP contribution in [0.25, 0.3) is 0 Å². The number of fused-ring (bicyclic) bond motifs is 1. The van der Waals surface area contributed by atoms with E-state index >= 15 is 0 Å². The highest BCUT2D eigenvalue weighted by atomic mass is 35.5. The molecule has 4 rings (SSSR count). The largest absolute Gasteiger partial charge is 0.299 e. The van der Waals surface area contributed by atoms with Gasteiger partial charge in [-0.25, -0.2) is 13.1 Å². The summed E-state index contributed by atoms with van der Waals surface area (Å²) >= 11 is 6.24. The molecule has 0 bridgehead atoms. The molecule has 0 amide bonds. The zero-order valence-corrected chi connectivity index (χ0v) is 19.2. The molecule has 2 aromatic rings. The molecule has 162 valence electrons. The van der Waals surface area contributed by atoms with Gasteiger partial charge in [0.25, 0.3) is 0 Å². The Morgan fingerprint density at radius 2 is 1.97 bits per heavy atom. The molecule has 1 fully saturated rings. The number of hydrogen-bond donors (Lipinski definition) is 1. The number of halogens is 1. The summed E-state index contributed by atoms with van der Waals surface area (Å²) < 4.78 is 27.2. The quantitative estimate of drug-likeness (QED) is 0.616. The number of likely N-dealkylation sites (tertiary alicyclic amines) is 1. The van der Waals surface area contributed by atoms with Crippen LogP contribution in [0.15, 0.2) is 42.5 Å². The van der Waals surface area contributed by atoms with Gasteiger partial charge < -0.3 is 0 Å². The molecule has 0 saturated carbocycles. The third-order valence-electron chi connectivity index (χ3n) is 6.47. The van der Waals surface area contributed by atoms with Crippen molar-refractivity contribution in [1.29, 1.82) is 0 Å². The van der Waals surface area contributed by atoms with Crippen LogP contribution in [-0.4, -0.2) is 38.2 Å². The first-order valence-electron chi connectivity index (χ1n) is 11.0. The Morgan fingerprint density at radius 1 is 1.13 bits per heavy atom. The Morgan fingerprint density at radius 3 is 2.67 bits per heavy atom. The average molecular weight is 447 g/mol. The van der Waals surface area contributed by atoms with Gasteiger partial charge in [0.2, 0.25) is 10.0 Å². The summed E-state index contributed by atoms with van der Waals surface area (Å²) in [5.74, 6) is 0.610. The summed E-state index contributed by atoms with van der Waals surface area (Å²) in [5, 5.41) is 0.779. The number of hydrogen-bond acceptors (Lipinski definition) is 3. The Kier molecular flexibility index (Phi) is 6.83. The van der Waals surface area contributed by atoms with Crippen LogP contribution in [0.2, 0.25) is 5.02 Å². The lowest BCUT2D eigenvalue weighted by Gasteiger charge is -2.39. The molecule has 6 heteroatoms. The summed E-state index contributed by atoms with van der Waals surface area (Å²) in [6.07, 6.45) is 4.88. The first-order valence-corrected chi connectivity index (χ1v) is 13.1. The maximum atomic E-state index is 12.2. The number of rotatable bonds is 9. The van der Waals surface area contributed by atoms with Crippen molar-refractivity contribution in [3.8, 4) is 0 Å². The van der Waals surface area contributed by atoms with E-state index in [1.807, 2.05) is 19.1 Å². The summed E-state index contributed by atoms with van der Waals surface area (Å²) in [4.78, 5) is 2.60. The van der Waals surface area contributed by atoms with E-state index in [-0.39, 0.29) is 5.75 Å². The van der Waals surface area contributed by atoms with Crippen molar-refractivity contribution >= 4 is 21.6 Å². The first kappa shape index (κ1) is 21.8. The SMILES string of the molecule is CCCCS(=O)(=O)NCc1ccc2c(c1)C(Cc1cccc(Cl)c1)C(N1CCC1)C2. The minimum atomic E-state index is -3.21. The van der Waals surface area contributed by atoms with Crippen molar-refractivity contribution in [3.63, 3.8) is 0 Å². The fourth-order valence-corrected chi connectivity index (χ4v) is 6.09. The zero-order valence-electron chi connectivity index (χ0n) is 17.6. The van der Waals surface area contributed by atoms with Gasteiger partial charge in [0.15, 0.2) is 0 Å². The Hall–Kier alpha value is -1.40. The van der Waals surface area contributed by atoms with Gasteiger partial charge in [0, 0.05) is 23.5 Å². The highest BCUT2D eigenvalue weighted by Crippen LogP contribution is 2.40. The summed E-state index contributed by atoms with van der Waals surface area (Å²) in [7, 11) is -3.21. The molecule has 1 aliphatic heterocycles. The van der Waals surface area contributed by atoms with Crippen molar-refractivity contribution in [2.45, 2.75) is 57.5 Å². The molecule has 2 aliphatic rings. The number of unbranched alkanes of at least 4 members (excludes halogenated alkanes) is 1. The maximum Gasteiger partial charge on any atom is 0.211 e. The smallest absolute Gasteiger partial charge is 0.211 e. The third kappa shape index (κ3) is 5.08. The summed E-state index contributed by atoms with van der Waals surface area (Å²) in [6.45, 7) is 4.71. The molecule has 4 nitrogen and oxygen atoms in total. The zero-order chi connectivity index (χ0) is 21.1. The van der Waals surface area contributed by atoms with Gasteiger partial charge in [-0.05, 0) is 73.2 Å². The van der Waals surface area contributed by atoms with Crippen LogP contribution >= 0.6 is 11.6 Å². The molecule has 0 spiro atoms. The molecular weight excluding hydrogens is 416 g/mol. The summed E-state index contributed by atoms with van der Waals surface area (Å²) in [5.41, 5.74) is 5.07. The normalized spacial score (nSPS) is 21.4. The van der Waals surface area contributed by atoms with Crippen LogP contribution in [0.1, 0.15) is 54.4 Å².